The maximum atomic E-state index is 12.7. The smallest absolute Gasteiger partial charge is 0.262 e. The van der Waals surface area contributed by atoms with Crippen molar-refractivity contribution in [3.8, 4) is 5.69 Å². The molecule has 0 saturated heterocycles. The van der Waals surface area contributed by atoms with Crippen LogP contribution in [0, 0.1) is 20.8 Å². The van der Waals surface area contributed by atoms with E-state index in [9.17, 15) is 8.42 Å². The highest BCUT2D eigenvalue weighted by Crippen LogP contribution is 2.24. The van der Waals surface area contributed by atoms with Crippen LogP contribution in [0.25, 0.3) is 5.69 Å². The van der Waals surface area contributed by atoms with Crippen molar-refractivity contribution < 1.29 is 8.42 Å². The molecule has 0 radical (unpaired) electrons. The van der Waals surface area contributed by atoms with Crippen LogP contribution >= 0.6 is 0 Å². The van der Waals surface area contributed by atoms with Gasteiger partial charge in [-0.05, 0) is 62.2 Å². The van der Waals surface area contributed by atoms with E-state index in [-0.39, 0.29) is 0 Å². The van der Waals surface area contributed by atoms with E-state index >= 15 is 0 Å². The van der Waals surface area contributed by atoms with Gasteiger partial charge in [-0.15, -0.1) is 0 Å². The molecule has 0 aliphatic heterocycles. The van der Waals surface area contributed by atoms with E-state index in [0.29, 0.717) is 10.6 Å². The number of aromatic nitrogens is 2. The average Bonchev–Trinajstić information content (AvgIpc) is 3.00. The lowest BCUT2D eigenvalue weighted by Crippen LogP contribution is -2.16. The van der Waals surface area contributed by atoms with Crippen molar-refractivity contribution in [2.24, 2.45) is 0 Å². The number of hydrogen-bond donors (Lipinski definition) is 1. The fraction of sp³-hybridized carbons (Fsp3) is 0.167. The molecule has 0 amide bonds. The van der Waals surface area contributed by atoms with Crippen molar-refractivity contribution in [2.75, 3.05) is 4.72 Å². The Balaban J connectivity index is 1.90. The largest absolute Gasteiger partial charge is 0.280 e. The van der Waals surface area contributed by atoms with E-state index in [1.54, 1.807) is 23.0 Å². The molecule has 3 aromatic rings. The van der Waals surface area contributed by atoms with Gasteiger partial charge >= 0.3 is 0 Å². The topological polar surface area (TPSA) is 64.0 Å². The first kappa shape index (κ1) is 16.3. The van der Waals surface area contributed by atoms with Gasteiger partial charge in [-0.2, -0.15) is 5.10 Å². The standard InChI is InChI=1S/C18H19N3O2S/c1-13-11-14(2)18(15(3)12-13)24(22,23)20-16-5-7-17(8-6-16)21-10-4-9-19-21/h4-12,20H,1-3H3. The van der Waals surface area contributed by atoms with E-state index in [2.05, 4.69) is 9.82 Å². The summed E-state index contributed by atoms with van der Waals surface area (Å²) in [6.45, 7) is 5.59. The van der Waals surface area contributed by atoms with Crippen LogP contribution in [0.5, 0.6) is 0 Å². The van der Waals surface area contributed by atoms with Gasteiger partial charge in [0, 0.05) is 18.1 Å². The van der Waals surface area contributed by atoms with Crippen LogP contribution in [0.1, 0.15) is 16.7 Å². The molecule has 24 heavy (non-hydrogen) atoms. The van der Waals surface area contributed by atoms with E-state index in [0.717, 1.165) is 22.4 Å². The minimum atomic E-state index is -3.63. The predicted octanol–water partition coefficient (Wildman–Crippen LogP) is 3.60. The number of rotatable bonds is 4. The SMILES string of the molecule is Cc1cc(C)c(S(=O)(=O)Nc2ccc(-n3cccn3)cc2)c(C)c1. The van der Waals surface area contributed by atoms with Crippen molar-refractivity contribution in [1.82, 2.24) is 9.78 Å². The Hall–Kier alpha value is -2.60. The van der Waals surface area contributed by atoms with Gasteiger partial charge < -0.3 is 0 Å². The third kappa shape index (κ3) is 3.19. The molecule has 0 saturated carbocycles. The van der Waals surface area contributed by atoms with Crippen molar-refractivity contribution >= 4 is 15.7 Å². The molecule has 5 nitrogen and oxygen atoms in total. The number of anilines is 1. The summed E-state index contributed by atoms with van der Waals surface area (Å²) in [5.74, 6) is 0. The van der Waals surface area contributed by atoms with E-state index in [4.69, 9.17) is 0 Å². The van der Waals surface area contributed by atoms with Crippen LogP contribution in [0.15, 0.2) is 59.8 Å². The molecule has 2 aromatic carbocycles. The van der Waals surface area contributed by atoms with Crippen molar-refractivity contribution in [3.05, 3.63) is 71.5 Å². The molecule has 6 heteroatoms. The molecule has 0 aliphatic rings. The van der Waals surface area contributed by atoms with Crippen LogP contribution in [0.2, 0.25) is 0 Å². The average molecular weight is 341 g/mol. The summed E-state index contributed by atoms with van der Waals surface area (Å²) in [6, 6.07) is 12.7. The monoisotopic (exact) mass is 341 g/mol. The Morgan fingerprint density at radius 2 is 1.62 bits per heavy atom. The molecule has 0 atom stereocenters. The molecule has 0 aliphatic carbocycles. The van der Waals surface area contributed by atoms with Crippen molar-refractivity contribution in [2.45, 2.75) is 25.7 Å². The van der Waals surface area contributed by atoms with Gasteiger partial charge in [0.05, 0.1) is 10.6 Å². The molecule has 0 fully saturated rings. The zero-order chi connectivity index (χ0) is 17.3. The highest BCUT2D eigenvalue weighted by atomic mass is 32.2. The van der Waals surface area contributed by atoms with E-state index in [1.165, 1.54) is 0 Å². The summed E-state index contributed by atoms with van der Waals surface area (Å²) >= 11 is 0. The second kappa shape index (κ2) is 6.13. The molecule has 124 valence electrons. The Labute approximate surface area is 142 Å². The molecule has 1 N–H and O–H groups in total. The van der Waals surface area contributed by atoms with Gasteiger partial charge in [-0.25, -0.2) is 13.1 Å². The molecular weight excluding hydrogens is 322 g/mol. The summed E-state index contributed by atoms with van der Waals surface area (Å²) in [4.78, 5) is 0.337. The quantitative estimate of drug-likeness (QED) is 0.788. The summed E-state index contributed by atoms with van der Waals surface area (Å²) in [6.07, 6.45) is 3.53. The predicted molar refractivity (Wildman–Crippen MR) is 95.0 cm³/mol. The van der Waals surface area contributed by atoms with Gasteiger partial charge in [0.1, 0.15) is 0 Å². The number of benzene rings is 2. The Morgan fingerprint density at radius 1 is 1.00 bits per heavy atom. The minimum Gasteiger partial charge on any atom is -0.280 e. The maximum Gasteiger partial charge on any atom is 0.262 e. The first-order valence-electron chi connectivity index (χ1n) is 7.57. The Kier molecular flexibility index (Phi) is 4.15. The fourth-order valence-corrected chi connectivity index (χ4v) is 4.41. The zero-order valence-electron chi connectivity index (χ0n) is 13.8. The van der Waals surface area contributed by atoms with Crippen LogP contribution in [-0.2, 0) is 10.0 Å². The maximum absolute atomic E-state index is 12.7. The number of hydrogen-bond acceptors (Lipinski definition) is 3. The number of nitrogens with zero attached hydrogens (tertiary/aromatic N) is 2. The van der Waals surface area contributed by atoms with Gasteiger partial charge in [0.15, 0.2) is 0 Å². The summed E-state index contributed by atoms with van der Waals surface area (Å²) < 4.78 is 29.8. The van der Waals surface area contributed by atoms with Crippen molar-refractivity contribution in [1.29, 1.82) is 0 Å². The summed E-state index contributed by atoms with van der Waals surface area (Å²) in [7, 11) is -3.63. The van der Waals surface area contributed by atoms with Gasteiger partial charge in [-0.1, -0.05) is 17.7 Å². The highest BCUT2D eigenvalue weighted by molar-refractivity contribution is 7.92. The first-order valence-corrected chi connectivity index (χ1v) is 9.06. The second-order valence-electron chi connectivity index (χ2n) is 5.83. The van der Waals surface area contributed by atoms with E-state index in [1.807, 2.05) is 57.3 Å². The van der Waals surface area contributed by atoms with E-state index < -0.39 is 10.0 Å². The second-order valence-corrected chi connectivity index (χ2v) is 7.45. The van der Waals surface area contributed by atoms with Gasteiger partial charge in [-0.3, -0.25) is 4.72 Å². The normalized spacial score (nSPS) is 11.5. The molecule has 3 rings (SSSR count). The third-order valence-corrected chi connectivity index (χ3v) is 5.45. The van der Waals surface area contributed by atoms with Gasteiger partial charge in [0.25, 0.3) is 10.0 Å². The lowest BCUT2D eigenvalue weighted by Gasteiger charge is -2.14. The van der Waals surface area contributed by atoms with Crippen LogP contribution in [0.4, 0.5) is 5.69 Å². The lowest BCUT2D eigenvalue weighted by molar-refractivity contribution is 0.600. The number of nitrogens with one attached hydrogen (secondary N) is 1. The zero-order valence-corrected chi connectivity index (χ0v) is 14.6. The molecule has 0 bridgehead atoms. The lowest BCUT2D eigenvalue weighted by atomic mass is 10.1. The van der Waals surface area contributed by atoms with Gasteiger partial charge in [0.2, 0.25) is 0 Å². The fourth-order valence-electron chi connectivity index (χ4n) is 2.90. The molecular formula is C18H19N3O2S. The molecule has 0 unspecified atom stereocenters. The minimum absolute atomic E-state index is 0.337. The van der Waals surface area contributed by atoms with Crippen molar-refractivity contribution in [3.63, 3.8) is 0 Å². The molecule has 0 spiro atoms. The molecule has 1 aromatic heterocycles. The Bertz CT molecular complexity index is 937. The Morgan fingerprint density at radius 3 is 2.17 bits per heavy atom. The molecule has 1 heterocycles. The summed E-state index contributed by atoms with van der Waals surface area (Å²) in [5, 5.41) is 4.15. The first-order chi connectivity index (χ1) is 11.4. The number of sulfonamides is 1. The van der Waals surface area contributed by atoms with Crippen LogP contribution < -0.4 is 4.72 Å². The highest BCUT2D eigenvalue weighted by Gasteiger charge is 2.20. The summed E-state index contributed by atoms with van der Waals surface area (Å²) in [5.41, 5.74) is 3.92. The van der Waals surface area contributed by atoms with Crippen LogP contribution in [-0.4, -0.2) is 18.2 Å². The number of aryl methyl sites for hydroxylation is 3. The third-order valence-electron chi connectivity index (χ3n) is 3.76. The van der Waals surface area contributed by atoms with Crippen LogP contribution in [0.3, 0.4) is 0 Å².